The van der Waals surface area contributed by atoms with Crippen molar-refractivity contribution in [2.45, 2.75) is 52.9 Å². The van der Waals surface area contributed by atoms with Crippen molar-refractivity contribution in [3.05, 3.63) is 65.7 Å². The summed E-state index contributed by atoms with van der Waals surface area (Å²) in [5.41, 5.74) is 3.03. The second-order valence-electron chi connectivity index (χ2n) is 8.56. The van der Waals surface area contributed by atoms with Gasteiger partial charge in [0.25, 0.3) is 0 Å². The molecule has 0 aliphatic carbocycles. The zero-order chi connectivity index (χ0) is 25.7. The van der Waals surface area contributed by atoms with Crippen LogP contribution in [-0.2, 0) is 27.3 Å². The summed E-state index contributed by atoms with van der Waals surface area (Å²) >= 11 is 0. The molecule has 8 heteroatoms. The summed E-state index contributed by atoms with van der Waals surface area (Å²) in [5, 5.41) is 0.801. The van der Waals surface area contributed by atoms with Gasteiger partial charge in [0.05, 0.1) is 24.9 Å². The smallest absolute Gasteiger partial charge is 0.335 e. The Hall–Kier alpha value is -3.78. The number of rotatable bonds is 11. The van der Waals surface area contributed by atoms with Gasteiger partial charge >= 0.3 is 5.97 Å². The zero-order valence-corrected chi connectivity index (χ0v) is 21.2. The highest BCUT2D eigenvalue weighted by atomic mass is 16.6. The van der Waals surface area contributed by atoms with E-state index in [0.29, 0.717) is 41.7 Å². The monoisotopic (exact) mass is 493 g/mol. The predicted molar refractivity (Wildman–Crippen MR) is 134 cm³/mol. The Morgan fingerprint density at radius 3 is 2.56 bits per heavy atom. The van der Waals surface area contributed by atoms with E-state index in [-0.39, 0.29) is 12.7 Å². The van der Waals surface area contributed by atoms with Gasteiger partial charge in [-0.25, -0.2) is 9.78 Å². The number of furan rings is 1. The van der Waals surface area contributed by atoms with Gasteiger partial charge < -0.3 is 27.8 Å². The summed E-state index contributed by atoms with van der Waals surface area (Å²) in [6.45, 7) is 8.31. The molecule has 0 N–H and O–H groups in total. The Labute approximate surface area is 210 Å². The fraction of sp³-hybridized carbons (Fsp3) is 0.357. The van der Waals surface area contributed by atoms with Gasteiger partial charge in [-0.05, 0) is 69.7 Å². The average molecular weight is 494 g/mol. The molecule has 0 spiro atoms. The van der Waals surface area contributed by atoms with Crippen LogP contribution in [0.2, 0.25) is 0 Å². The predicted octanol–water partition coefficient (Wildman–Crippen LogP) is 5.88. The minimum atomic E-state index is -0.706. The van der Waals surface area contributed by atoms with Gasteiger partial charge in [-0.15, -0.1) is 0 Å². The molecule has 0 fully saturated rings. The maximum atomic E-state index is 12.1. The van der Waals surface area contributed by atoms with Crippen LogP contribution >= 0.6 is 0 Å². The molecule has 36 heavy (non-hydrogen) atoms. The quantitative estimate of drug-likeness (QED) is 0.239. The first-order valence-corrected chi connectivity index (χ1v) is 11.9. The topological polar surface area (TPSA) is 93.2 Å². The van der Waals surface area contributed by atoms with E-state index in [1.807, 2.05) is 70.2 Å². The number of benzene rings is 2. The lowest BCUT2D eigenvalue weighted by atomic mass is 10.0. The fourth-order valence-corrected chi connectivity index (χ4v) is 3.90. The third-order valence-electron chi connectivity index (χ3n) is 5.63. The first-order valence-electron chi connectivity index (χ1n) is 11.9. The first-order chi connectivity index (χ1) is 17.4. The molecule has 2 aromatic carbocycles. The first kappa shape index (κ1) is 25.3. The fourth-order valence-electron chi connectivity index (χ4n) is 3.90. The van der Waals surface area contributed by atoms with Crippen molar-refractivity contribution < 1.29 is 32.6 Å². The number of esters is 1. The van der Waals surface area contributed by atoms with Crippen molar-refractivity contribution in [1.82, 2.24) is 4.98 Å². The second-order valence-corrected chi connectivity index (χ2v) is 8.56. The van der Waals surface area contributed by atoms with E-state index in [2.05, 4.69) is 4.98 Å². The van der Waals surface area contributed by atoms with Crippen molar-refractivity contribution in [3.8, 4) is 23.0 Å². The molecule has 2 aromatic heterocycles. The van der Waals surface area contributed by atoms with E-state index >= 15 is 0 Å². The maximum Gasteiger partial charge on any atom is 0.335 e. The van der Waals surface area contributed by atoms with Crippen LogP contribution in [-0.4, -0.2) is 36.9 Å². The Balaban J connectivity index is 1.49. The van der Waals surface area contributed by atoms with Crippen LogP contribution in [0.25, 0.3) is 22.4 Å². The number of carbonyl (C=O) groups excluding carboxylic acids is 1. The summed E-state index contributed by atoms with van der Waals surface area (Å²) in [5.74, 6) is 2.23. The summed E-state index contributed by atoms with van der Waals surface area (Å²) in [6, 6.07) is 13.2. The summed E-state index contributed by atoms with van der Waals surface area (Å²) in [4.78, 5) is 16.7. The van der Waals surface area contributed by atoms with Gasteiger partial charge in [0.1, 0.15) is 35.1 Å². The molecule has 0 aliphatic heterocycles. The number of nitrogens with zero attached hydrogens (tertiary/aromatic N) is 1. The zero-order valence-electron chi connectivity index (χ0n) is 21.2. The normalized spacial score (nSPS) is 12.2. The summed E-state index contributed by atoms with van der Waals surface area (Å²) < 4.78 is 33.9. The highest BCUT2D eigenvalue weighted by Gasteiger charge is 2.23. The lowest BCUT2D eigenvalue weighted by molar-refractivity contribution is -0.153. The number of hydrogen-bond donors (Lipinski definition) is 0. The summed E-state index contributed by atoms with van der Waals surface area (Å²) in [7, 11) is 1.35. The highest BCUT2D eigenvalue weighted by molar-refractivity contribution is 5.87. The van der Waals surface area contributed by atoms with Crippen molar-refractivity contribution in [2.75, 3.05) is 13.7 Å². The number of methoxy groups -OCH3 is 1. The van der Waals surface area contributed by atoms with E-state index in [1.165, 1.54) is 7.11 Å². The van der Waals surface area contributed by atoms with Crippen LogP contribution in [0.5, 0.6) is 11.5 Å². The molecule has 8 nitrogen and oxygen atoms in total. The number of oxazole rings is 1. The van der Waals surface area contributed by atoms with Gasteiger partial charge in [0.2, 0.25) is 5.89 Å². The summed E-state index contributed by atoms with van der Waals surface area (Å²) in [6.07, 6.45) is 1.33. The molecule has 1 unspecified atom stereocenters. The maximum absolute atomic E-state index is 12.1. The van der Waals surface area contributed by atoms with Crippen molar-refractivity contribution in [1.29, 1.82) is 0 Å². The molecule has 0 amide bonds. The SMILES string of the molecule is CCOC(Cc1ccc(OCc2nc(-c3ccc(OC(C)C)cc3)oc2C)c2ccoc12)C(=O)OC. The van der Waals surface area contributed by atoms with E-state index in [1.54, 1.807) is 6.26 Å². The molecule has 2 heterocycles. The standard InChI is InChI=1S/C28H31NO7/c1-6-32-25(28(30)31-5)15-20-9-12-24(22-13-14-33-26(20)22)34-16-23-18(4)36-27(29-23)19-7-10-21(11-8-19)35-17(2)3/h7-14,17,25H,6,15-16H2,1-5H3. The number of fused-ring (bicyclic) bond motifs is 1. The van der Waals surface area contributed by atoms with Crippen molar-refractivity contribution in [3.63, 3.8) is 0 Å². The number of aryl methyl sites for hydroxylation is 1. The van der Waals surface area contributed by atoms with Crippen LogP contribution in [0.15, 0.2) is 57.6 Å². The largest absolute Gasteiger partial charge is 0.491 e. The van der Waals surface area contributed by atoms with Crippen molar-refractivity contribution in [2.24, 2.45) is 0 Å². The van der Waals surface area contributed by atoms with E-state index in [4.69, 9.17) is 27.8 Å². The van der Waals surface area contributed by atoms with Gasteiger partial charge in [-0.2, -0.15) is 0 Å². The Kier molecular flexibility index (Phi) is 7.95. The van der Waals surface area contributed by atoms with E-state index < -0.39 is 12.1 Å². The molecule has 0 saturated heterocycles. The molecule has 190 valence electrons. The van der Waals surface area contributed by atoms with Crippen LogP contribution < -0.4 is 9.47 Å². The van der Waals surface area contributed by atoms with Gasteiger partial charge in [0.15, 0.2) is 6.10 Å². The Bertz CT molecular complexity index is 1300. The average Bonchev–Trinajstić information content (AvgIpc) is 3.50. The Morgan fingerprint density at radius 1 is 1.08 bits per heavy atom. The lowest BCUT2D eigenvalue weighted by Gasteiger charge is -2.15. The number of hydrogen-bond acceptors (Lipinski definition) is 8. The minimum absolute atomic E-state index is 0.110. The van der Waals surface area contributed by atoms with Crippen LogP contribution in [0.4, 0.5) is 0 Å². The van der Waals surface area contributed by atoms with Crippen LogP contribution in [0.1, 0.15) is 37.8 Å². The Morgan fingerprint density at radius 2 is 1.86 bits per heavy atom. The number of ether oxygens (including phenoxy) is 4. The minimum Gasteiger partial charge on any atom is -0.491 e. The molecule has 4 rings (SSSR count). The lowest BCUT2D eigenvalue weighted by Crippen LogP contribution is -2.28. The van der Waals surface area contributed by atoms with E-state index in [0.717, 1.165) is 22.3 Å². The van der Waals surface area contributed by atoms with Crippen LogP contribution in [0.3, 0.4) is 0 Å². The number of carbonyl (C=O) groups is 1. The molecule has 0 saturated carbocycles. The molecule has 0 bridgehead atoms. The molecular formula is C28H31NO7. The molecule has 1 atom stereocenters. The van der Waals surface area contributed by atoms with Gasteiger partial charge in [-0.3, -0.25) is 0 Å². The van der Waals surface area contributed by atoms with Crippen molar-refractivity contribution >= 4 is 16.9 Å². The molecular weight excluding hydrogens is 462 g/mol. The van der Waals surface area contributed by atoms with Gasteiger partial charge in [0, 0.05) is 18.6 Å². The van der Waals surface area contributed by atoms with E-state index in [9.17, 15) is 4.79 Å². The van der Waals surface area contributed by atoms with Gasteiger partial charge in [-0.1, -0.05) is 6.07 Å². The second kappa shape index (κ2) is 11.3. The molecule has 0 aliphatic rings. The number of aromatic nitrogens is 1. The third-order valence-corrected chi connectivity index (χ3v) is 5.63. The third kappa shape index (κ3) is 5.71. The van der Waals surface area contributed by atoms with Crippen LogP contribution in [0, 0.1) is 6.92 Å². The highest BCUT2D eigenvalue weighted by Crippen LogP contribution is 2.32. The molecule has 4 aromatic rings. The molecule has 0 radical (unpaired) electrons.